The lowest BCUT2D eigenvalue weighted by Gasteiger charge is -2.10. The van der Waals surface area contributed by atoms with Crippen LogP contribution in [0.2, 0.25) is 0 Å². The molecule has 0 bridgehead atoms. The first-order chi connectivity index (χ1) is 15.5. The van der Waals surface area contributed by atoms with Crippen LogP contribution in [-0.2, 0) is 13.1 Å². The van der Waals surface area contributed by atoms with Gasteiger partial charge in [0.2, 0.25) is 0 Å². The van der Waals surface area contributed by atoms with E-state index in [2.05, 4.69) is 25.7 Å². The van der Waals surface area contributed by atoms with E-state index in [0.29, 0.717) is 12.1 Å². The molecule has 0 aliphatic carbocycles. The maximum atomic E-state index is 12.4. The van der Waals surface area contributed by atoms with Crippen molar-refractivity contribution in [3.8, 4) is 5.75 Å². The molecule has 0 saturated carbocycles. The number of benzene rings is 3. The highest BCUT2D eigenvalue weighted by molar-refractivity contribution is 5.98. The Hall–Kier alpha value is -4.07. The van der Waals surface area contributed by atoms with Crippen LogP contribution in [0.4, 0.5) is 4.79 Å². The van der Waals surface area contributed by atoms with Crippen molar-refractivity contribution in [1.29, 1.82) is 0 Å². The number of hydrazine groups is 1. The Labute approximate surface area is 185 Å². The van der Waals surface area contributed by atoms with Crippen LogP contribution >= 0.6 is 0 Å². The Morgan fingerprint density at radius 3 is 2.56 bits per heavy atom. The second-order valence-corrected chi connectivity index (χ2v) is 7.42. The zero-order chi connectivity index (χ0) is 22.7. The minimum atomic E-state index is -0.500. The van der Waals surface area contributed by atoms with Crippen LogP contribution in [0.5, 0.6) is 5.75 Å². The van der Waals surface area contributed by atoms with Gasteiger partial charge in [-0.05, 0) is 66.6 Å². The number of imidazole rings is 1. The molecule has 0 radical (unpaired) electrons. The molecule has 0 fully saturated rings. The number of nitrogens with one attached hydrogen (secondary N) is 3. The maximum absolute atomic E-state index is 12.4. The number of nitrogens with zero attached hydrogens (tertiary/aromatic N) is 2. The predicted molar refractivity (Wildman–Crippen MR) is 123 cm³/mol. The Bertz CT molecular complexity index is 1310. The maximum Gasteiger partial charge on any atom is 0.333 e. The van der Waals surface area contributed by atoms with Crippen molar-refractivity contribution in [3.05, 3.63) is 71.5 Å². The summed E-state index contributed by atoms with van der Waals surface area (Å²) in [5, 5.41) is 4.84. The first-order valence-corrected chi connectivity index (χ1v) is 10.4. The average molecular weight is 431 g/mol. The summed E-state index contributed by atoms with van der Waals surface area (Å²) in [6.07, 6.45) is 0. The number of aryl methyl sites for hydroxylation is 2. The molecule has 1 aromatic heterocycles. The van der Waals surface area contributed by atoms with Crippen LogP contribution in [0.3, 0.4) is 0 Å². The van der Waals surface area contributed by atoms with Gasteiger partial charge in [0.15, 0.2) is 0 Å². The summed E-state index contributed by atoms with van der Waals surface area (Å²) >= 11 is 0. The van der Waals surface area contributed by atoms with Crippen LogP contribution in [0, 0.1) is 6.92 Å². The molecule has 0 aliphatic rings. The van der Waals surface area contributed by atoms with E-state index in [0.717, 1.165) is 45.5 Å². The first kappa shape index (κ1) is 21.2. The van der Waals surface area contributed by atoms with Gasteiger partial charge < -0.3 is 14.6 Å². The molecule has 0 aliphatic heterocycles. The summed E-state index contributed by atoms with van der Waals surface area (Å²) in [7, 11) is 1.63. The summed E-state index contributed by atoms with van der Waals surface area (Å²) in [5.41, 5.74) is 7.90. The molecule has 4 aromatic rings. The Kier molecular flexibility index (Phi) is 5.93. The molecule has 8 heteroatoms. The fourth-order valence-corrected chi connectivity index (χ4v) is 3.71. The molecule has 32 heavy (non-hydrogen) atoms. The number of carbonyl (C=O) groups is 2. The molecule has 0 unspecified atom stereocenters. The van der Waals surface area contributed by atoms with Crippen molar-refractivity contribution >= 4 is 33.7 Å². The third-order valence-corrected chi connectivity index (χ3v) is 5.37. The lowest BCUT2D eigenvalue weighted by molar-refractivity contribution is 0.0936. The van der Waals surface area contributed by atoms with Crippen molar-refractivity contribution < 1.29 is 14.3 Å². The topological polar surface area (TPSA) is 97.3 Å². The minimum Gasteiger partial charge on any atom is -0.497 e. The highest BCUT2D eigenvalue weighted by Crippen LogP contribution is 2.22. The molecule has 3 N–H and O–H groups in total. The number of aromatic nitrogens is 2. The van der Waals surface area contributed by atoms with Crippen molar-refractivity contribution in [2.45, 2.75) is 26.9 Å². The summed E-state index contributed by atoms with van der Waals surface area (Å²) in [6, 6.07) is 16.5. The van der Waals surface area contributed by atoms with E-state index in [1.54, 1.807) is 19.2 Å². The van der Waals surface area contributed by atoms with Crippen molar-refractivity contribution in [2.24, 2.45) is 0 Å². The van der Waals surface area contributed by atoms with Gasteiger partial charge in [0.05, 0.1) is 18.1 Å². The van der Waals surface area contributed by atoms with E-state index in [1.807, 2.05) is 56.3 Å². The van der Waals surface area contributed by atoms with E-state index in [-0.39, 0.29) is 0 Å². The summed E-state index contributed by atoms with van der Waals surface area (Å²) in [5.74, 6) is 1.28. The van der Waals surface area contributed by atoms with Gasteiger partial charge in [-0.15, -0.1) is 0 Å². The normalized spacial score (nSPS) is 10.8. The zero-order valence-electron chi connectivity index (χ0n) is 18.2. The smallest absolute Gasteiger partial charge is 0.333 e. The Balaban J connectivity index is 1.33. The van der Waals surface area contributed by atoms with Crippen LogP contribution in [0.25, 0.3) is 21.8 Å². The van der Waals surface area contributed by atoms with Gasteiger partial charge in [-0.3, -0.25) is 10.2 Å². The number of hydrogen-bond donors (Lipinski definition) is 3. The Morgan fingerprint density at radius 1 is 1.00 bits per heavy atom. The predicted octanol–water partition coefficient (Wildman–Crippen LogP) is 3.67. The highest BCUT2D eigenvalue weighted by Gasteiger charge is 2.12. The fourth-order valence-electron chi connectivity index (χ4n) is 3.71. The van der Waals surface area contributed by atoms with E-state index < -0.39 is 11.9 Å². The average Bonchev–Trinajstić information content (AvgIpc) is 3.14. The van der Waals surface area contributed by atoms with E-state index in [1.165, 1.54) is 0 Å². The highest BCUT2D eigenvalue weighted by atomic mass is 16.5. The van der Waals surface area contributed by atoms with Gasteiger partial charge in [-0.2, -0.15) is 0 Å². The number of rotatable bonds is 5. The van der Waals surface area contributed by atoms with Crippen LogP contribution in [0.1, 0.15) is 28.7 Å². The fraction of sp³-hybridized carbons (Fsp3) is 0.208. The summed E-state index contributed by atoms with van der Waals surface area (Å²) in [4.78, 5) is 29.1. The molecule has 1 heterocycles. The van der Waals surface area contributed by atoms with E-state index in [9.17, 15) is 9.59 Å². The lowest BCUT2D eigenvalue weighted by atomic mass is 10.1. The summed E-state index contributed by atoms with van der Waals surface area (Å²) < 4.78 is 7.31. The molecule has 3 amide bonds. The number of fused-ring (bicyclic) bond motifs is 2. The third-order valence-electron chi connectivity index (χ3n) is 5.37. The van der Waals surface area contributed by atoms with Gasteiger partial charge in [0.25, 0.3) is 5.91 Å². The molecule has 0 saturated heterocycles. The SMILES string of the molecule is CCn1c(C)nc2cc(C(=O)NNC(=O)NCc3ccc4cc(OC)ccc4c3)ccc21. The minimum absolute atomic E-state index is 0.323. The monoisotopic (exact) mass is 431 g/mol. The molecule has 0 spiro atoms. The van der Waals surface area contributed by atoms with Gasteiger partial charge in [-0.25, -0.2) is 15.2 Å². The number of ether oxygens (including phenoxy) is 1. The van der Waals surface area contributed by atoms with Crippen molar-refractivity contribution in [3.63, 3.8) is 0 Å². The first-order valence-electron chi connectivity index (χ1n) is 10.4. The molecule has 8 nitrogen and oxygen atoms in total. The van der Waals surface area contributed by atoms with Crippen molar-refractivity contribution in [1.82, 2.24) is 25.7 Å². The standard InChI is InChI=1S/C24H25N5O3/c1-4-29-15(2)26-21-13-19(8-10-22(21)29)23(30)27-28-24(31)25-14-16-5-6-18-12-20(32-3)9-7-17(18)11-16/h5-13H,4,14H2,1-3H3,(H,27,30)(H2,25,28,31). The van der Waals surface area contributed by atoms with Gasteiger partial charge in [-0.1, -0.05) is 18.2 Å². The molecular formula is C24H25N5O3. The number of carbonyl (C=O) groups excluding carboxylic acids is 2. The zero-order valence-corrected chi connectivity index (χ0v) is 18.2. The number of urea groups is 1. The Morgan fingerprint density at radius 2 is 1.78 bits per heavy atom. The molecule has 164 valence electrons. The second kappa shape index (κ2) is 8.97. The van der Waals surface area contributed by atoms with Gasteiger partial charge in [0, 0.05) is 18.7 Å². The van der Waals surface area contributed by atoms with Crippen LogP contribution in [0.15, 0.2) is 54.6 Å². The van der Waals surface area contributed by atoms with E-state index >= 15 is 0 Å². The van der Waals surface area contributed by atoms with Crippen molar-refractivity contribution in [2.75, 3.05) is 7.11 Å². The van der Waals surface area contributed by atoms with Gasteiger partial charge >= 0.3 is 6.03 Å². The third kappa shape index (κ3) is 4.34. The molecule has 0 atom stereocenters. The lowest BCUT2D eigenvalue weighted by Crippen LogP contribution is -2.46. The molecular weight excluding hydrogens is 406 g/mol. The quantitative estimate of drug-likeness (QED) is 0.420. The number of methoxy groups -OCH3 is 1. The second-order valence-electron chi connectivity index (χ2n) is 7.42. The largest absolute Gasteiger partial charge is 0.497 e. The molecule has 4 rings (SSSR count). The van der Waals surface area contributed by atoms with Crippen LogP contribution < -0.4 is 20.9 Å². The van der Waals surface area contributed by atoms with Crippen LogP contribution in [-0.4, -0.2) is 28.6 Å². The number of amides is 3. The van der Waals surface area contributed by atoms with E-state index in [4.69, 9.17) is 4.74 Å². The number of hydrogen-bond acceptors (Lipinski definition) is 4. The van der Waals surface area contributed by atoms with Gasteiger partial charge in [0.1, 0.15) is 11.6 Å². The molecule has 3 aromatic carbocycles. The summed E-state index contributed by atoms with van der Waals surface area (Å²) in [6.45, 7) is 5.11.